The number of halogens is 2. The van der Waals surface area contributed by atoms with E-state index in [9.17, 15) is 4.79 Å². The fourth-order valence-corrected chi connectivity index (χ4v) is 2.96. The standard InChI is InChI=1S/C15H9BrClNO/c16-13-5-4-9(15(18)19)11-6-8-2-1-3-14(17)10(8)7-12(11)13/h1-7H,(H2,18,19). The predicted octanol–water partition coefficient (Wildman–Crippen LogP) is 4.51. The quantitative estimate of drug-likeness (QED) is 0.654. The topological polar surface area (TPSA) is 43.1 Å². The van der Waals surface area contributed by atoms with Crippen LogP contribution in [-0.2, 0) is 0 Å². The molecule has 2 nitrogen and oxygen atoms in total. The molecule has 3 aromatic carbocycles. The van der Waals surface area contributed by atoms with E-state index < -0.39 is 5.91 Å². The fourth-order valence-electron chi connectivity index (χ4n) is 2.26. The molecular formula is C15H9BrClNO. The number of amides is 1. The Labute approximate surface area is 123 Å². The second-order valence-electron chi connectivity index (χ2n) is 4.32. The summed E-state index contributed by atoms with van der Waals surface area (Å²) >= 11 is 9.70. The van der Waals surface area contributed by atoms with Gasteiger partial charge in [-0.3, -0.25) is 4.79 Å². The maximum Gasteiger partial charge on any atom is 0.249 e. The minimum Gasteiger partial charge on any atom is -0.366 e. The van der Waals surface area contributed by atoms with Crippen molar-refractivity contribution >= 4 is 55.0 Å². The van der Waals surface area contributed by atoms with Crippen LogP contribution in [0, 0.1) is 0 Å². The minimum absolute atomic E-state index is 0.432. The van der Waals surface area contributed by atoms with Crippen LogP contribution in [0.1, 0.15) is 10.4 Å². The van der Waals surface area contributed by atoms with Crippen molar-refractivity contribution in [1.82, 2.24) is 0 Å². The maximum absolute atomic E-state index is 11.5. The summed E-state index contributed by atoms with van der Waals surface area (Å²) in [6, 6.07) is 13.2. The van der Waals surface area contributed by atoms with Gasteiger partial charge in [0, 0.05) is 20.4 Å². The molecule has 0 aliphatic heterocycles. The van der Waals surface area contributed by atoms with Crippen LogP contribution in [0.3, 0.4) is 0 Å². The van der Waals surface area contributed by atoms with E-state index in [4.69, 9.17) is 17.3 Å². The van der Waals surface area contributed by atoms with Gasteiger partial charge >= 0.3 is 0 Å². The lowest BCUT2D eigenvalue weighted by molar-refractivity contribution is 0.100. The minimum atomic E-state index is -0.432. The van der Waals surface area contributed by atoms with Gasteiger partial charge < -0.3 is 5.73 Å². The highest BCUT2D eigenvalue weighted by molar-refractivity contribution is 9.10. The Morgan fingerprint density at radius 1 is 1.05 bits per heavy atom. The Balaban J connectivity index is 2.53. The monoisotopic (exact) mass is 333 g/mol. The van der Waals surface area contributed by atoms with Crippen molar-refractivity contribution in [3.63, 3.8) is 0 Å². The number of primary amides is 1. The van der Waals surface area contributed by atoms with Gasteiger partial charge in [-0.1, -0.05) is 39.7 Å². The molecule has 3 aromatic rings. The average Bonchev–Trinajstić information content (AvgIpc) is 2.38. The third-order valence-corrected chi connectivity index (χ3v) is 4.20. The van der Waals surface area contributed by atoms with Crippen LogP contribution in [-0.4, -0.2) is 5.91 Å². The van der Waals surface area contributed by atoms with Crippen molar-refractivity contribution in [2.75, 3.05) is 0 Å². The summed E-state index contributed by atoms with van der Waals surface area (Å²) in [5, 5.41) is 4.39. The third-order valence-electron chi connectivity index (χ3n) is 3.17. The molecule has 0 atom stereocenters. The highest BCUT2D eigenvalue weighted by atomic mass is 79.9. The average molecular weight is 335 g/mol. The number of hydrogen-bond acceptors (Lipinski definition) is 1. The first-order valence-electron chi connectivity index (χ1n) is 5.68. The van der Waals surface area contributed by atoms with E-state index in [0.717, 1.165) is 26.0 Å². The van der Waals surface area contributed by atoms with E-state index in [1.54, 1.807) is 6.07 Å². The van der Waals surface area contributed by atoms with Crippen LogP contribution in [0.4, 0.5) is 0 Å². The second kappa shape index (κ2) is 4.51. The highest BCUT2D eigenvalue weighted by Gasteiger charge is 2.11. The molecule has 0 aliphatic carbocycles. The molecule has 0 saturated carbocycles. The molecule has 4 heteroatoms. The number of carbonyl (C=O) groups excluding carboxylic acids is 1. The summed E-state index contributed by atoms with van der Waals surface area (Å²) in [7, 11) is 0. The number of fused-ring (bicyclic) bond motifs is 2. The summed E-state index contributed by atoms with van der Waals surface area (Å²) in [5.74, 6) is -0.432. The first-order chi connectivity index (χ1) is 9.08. The van der Waals surface area contributed by atoms with Gasteiger partial charge in [-0.2, -0.15) is 0 Å². The molecule has 1 amide bonds. The van der Waals surface area contributed by atoms with Crippen molar-refractivity contribution in [3.05, 3.63) is 57.5 Å². The molecule has 0 heterocycles. The van der Waals surface area contributed by atoms with E-state index >= 15 is 0 Å². The molecule has 94 valence electrons. The SMILES string of the molecule is NC(=O)c1ccc(Br)c2cc3c(Cl)cccc3cc12. The first kappa shape index (κ1) is 12.5. The van der Waals surface area contributed by atoms with Crippen molar-refractivity contribution < 1.29 is 4.79 Å². The zero-order valence-corrected chi connectivity index (χ0v) is 12.1. The zero-order chi connectivity index (χ0) is 13.6. The van der Waals surface area contributed by atoms with Crippen molar-refractivity contribution in [2.24, 2.45) is 5.73 Å². The number of nitrogens with two attached hydrogens (primary N) is 1. The molecule has 0 unspecified atom stereocenters. The lowest BCUT2D eigenvalue weighted by Gasteiger charge is -2.08. The van der Waals surface area contributed by atoms with Crippen LogP contribution in [0.25, 0.3) is 21.5 Å². The van der Waals surface area contributed by atoms with Gasteiger partial charge in [-0.05, 0) is 46.5 Å². The zero-order valence-electron chi connectivity index (χ0n) is 9.78. The molecule has 0 aromatic heterocycles. The molecule has 0 fully saturated rings. The highest BCUT2D eigenvalue weighted by Crippen LogP contribution is 2.33. The molecule has 0 bridgehead atoms. The smallest absolute Gasteiger partial charge is 0.249 e. The molecule has 3 rings (SSSR count). The predicted molar refractivity (Wildman–Crippen MR) is 82.7 cm³/mol. The van der Waals surface area contributed by atoms with E-state index in [2.05, 4.69) is 15.9 Å². The van der Waals surface area contributed by atoms with Gasteiger partial charge in [0.1, 0.15) is 0 Å². The lowest BCUT2D eigenvalue weighted by Crippen LogP contribution is -2.11. The van der Waals surface area contributed by atoms with Crippen LogP contribution >= 0.6 is 27.5 Å². The summed E-state index contributed by atoms with van der Waals surface area (Å²) in [6.07, 6.45) is 0. The summed E-state index contributed by atoms with van der Waals surface area (Å²) in [5.41, 5.74) is 5.94. The van der Waals surface area contributed by atoms with E-state index in [0.29, 0.717) is 10.6 Å². The number of carbonyl (C=O) groups is 1. The molecule has 2 N–H and O–H groups in total. The molecular weight excluding hydrogens is 326 g/mol. The molecule has 0 aliphatic rings. The van der Waals surface area contributed by atoms with Gasteiger partial charge in [0.15, 0.2) is 0 Å². The van der Waals surface area contributed by atoms with Gasteiger partial charge in [0.2, 0.25) is 5.91 Å². The second-order valence-corrected chi connectivity index (χ2v) is 5.58. The van der Waals surface area contributed by atoms with Crippen molar-refractivity contribution in [3.8, 4) is 0 Å². The normalized spacial score (nSPS) is 11.1. The van der Waals surface area contributed by atoms with Gasteiger partial charge in [-0.25, -0.2) is 0 Å². The third kappa shape index (κ3) is 1.99. The molecule has 0 saturated heterocycles. The Morgan fingerprint density at radius 3 is 2.58 bits per heavy atom. The van der Waals surface area contributed by atoms with Crippen LogP contribution in [0.5, 0.6) is 0 Å². The van der Waals surface area contributed by atoms with Gasteiger partial charge in [-0.15, -0.1) is 0 Å². The van der Waals surface area contributed by atoms with Crippen LogP contribution in [0.2, 0.25) is 5.02 Å². The Morgan fingerprint density at radius 2 is 1.84 bits per heavy atom. The van der Waals surface area contributed by atoms with Crippen LogP contribution < -0.4 is 5.73 Å². The van der Waals surface area contributed by atoms with Crippen LogP contribution in [0.15, 0.2) is 46.9 Å². The summed E-state index contributed by atoms with van der Waals surface area (Å²) in [4.78, 5) is 11.5. The summed E-state index contributed by atoms with van der Waals surface area (Å²) in [6.45, 7) is 0. The fraction of sp³-hybridized carbons (Fsp3) is 0. The summed E-state index contributed by atoms with van der Waals surface area (Å²) < 4.78 is 0.911. The first-order valence-corrected chi connectivity index (χ1v) is 6.85. The van der Waals surface area contributed by atoms with Gasteiger partial charge in [0.05, 0.1) is 0 Å². The Kier molecular flexibility index (Phi) is 2.96. The van der Waals surface area contributed by atoms with Crippen molar-refractivity contribution in [2.45, 2.75) is 0 Å². The number of hydrogen-bond donors (Lipinski definition) is 1. The number of rotatable bonds is 1. The largest absolute Gasteiger partial charge is 0.366 e. The molecule has 0 radical (unpaired) electrons. The lowest BCUT2D eigenvalue weighted by atomic mass is 9.99. The Bertz CT molecular complexity index is 829. The maximum atomic E-state index is 11.5. The Hall–Kier alpha value is -1.58. The van der Waals surface area contributed by atoms with Crippen molar-refractivity contribution in [1.29, 1.82) is 0 Å². The van der Waals surface area contributed by atoms with E-state index in [1.807, 2.05) is 36.4 Å². The molecule has 0 spiro atoms. The van der Waals surface area contributed by atoms with E-state index in [-0.39, 0.29) is 0 Å². The number of benzene rings is 3. The molecule has 19 heavy (non-hydrogen) atoms. The van der Waals surface area contributed by atoms with E-state index in [1.165, 1.54) is 0 Å². The van der Waals surface area contributed by atoms with Gasteiger partial charge in [0.25, 0.3) is 0 Å².